The van der Waals surface area contributed by atoms with Gasteiger partial charge in [-0.2, -0.15) is 13.2 Å². The van der Waals surface area contributed by atoms with Crippen molar-refractivity contribution in [1.29, 1.82) is 0 Å². The molecule has 1 aliphatic rings. The molecule has 282 valence electrons. The molecule has 0 aliphatic carbocycles. The second-order valence-corrected chi connectivity index (χ2v) is 13.2. The molecule has 3 aromatic rings. The van der Waals surface area contributed by atoms with E-state index >= 15 is 0 Å². The molecule has 2 unspecified atom stereocenters. The van der Waals surface area contributed by atoms with E-state index in [2.05, 4.69) is 27.8 Å². The average molecular weight is 754 g/mol. The summed E-state index contributed by atoms with van der Waals surface area (Å²) in [4.78, 5) is 38.1. The predicted molar refractivity (Wildman–Crippen MR) is 187 cm³/mol. The van der Waals surface area contributed by atoms with Gasteiger partial charge < -0.3 is 40.8 Å². The van der Waals surface area contributed by atoms with Crippen LogP contribution in [0.3, 0.4) is 0 Å². The average Bonchev–Trinajstić information content (AvgIpc) is 3.42. The smallest absolute Gasteiger partial charge is 0.393 e. The quantitative estimate of drug-likeness (QED) is 0.0747. The molecule has 0 radical (unpaired) electrons. The largest absolute Gasteiger partial charge is 0.489 e. The van der Waals surface area contributed by atoms with Gasteiger partial charge in [-0.1, -0.05) is 24.0 Å². The summed E-state index contributed by atoms with van der Waals surface area (Å²) in [5.41, 5.74) is 5.97. The van der Waals surface area contributed by atoms with E-state index in [0.717, 1.165) is 18.4 Å². The van der Waals surface area contributed by atoms with Gasteiger partial charge in [0, 0.05) is 25.6 Å². The van der Waals surface area contributed by atoms with Gasteiger partial charge in [-0.15, -0.1) is 11.3 Å². The van der Waals surface area contributed by atoms with E-state index in [0.29, 0.717) is 22.6 Å². The zero-order chi connectivity index (χ0) is 38.1. The van der Waals surface area contributed by atoms with Crippen LogP contribution in [0.1, 0.15) is 40.1 Å². The fraction of sp³-hybridized carbons (Fsp3) is 0.457. The Balaban J connectivity index is 1.57. The predicted octanol–water partition coefficient (Wildman–Crippen LogP) is 4.78. The molecule has 1 saturated heterocycles. The highest BCUT2D eigenvalue weighted by atomic mass is 32.1. The number of anilines is 2. The lowest BCUT2D eigenvalue weighted by Crippen LogP contribution is -2.53. The van der Waals surface area contributed by atoms with Crippen molar-refractivity contribution in [2.24, 2.45) is 5.73 Å². The van der Waals surface area contributed by atoms with Crippen molar-refractivity contribution in [3.63, 3.8) is 0 Å². The summed E-state index contributed by atoms with van der Waals surface area (Å²) in [5, 5.41) is 8.74. The normalized spacial score (nSPS) is 16.3. The molecule has 17 heteroatoms. The van der Waals surface area contributed by atoms with Crippen LogP contribution in [0.5, 0.6) is 5.75 Å². The van der Waals surface area contributed by atoms with Crippen molar-refractivity contribution in [3.05, 3.63) is 52.4 Å². The zero-order valence-corrected chi connectivity index (χ0v) is 29.6. The van der Waals surface area contributed by atoms with Crippen LogP contribution < -0.4 is 26.4 Å². The van der Waals surface area contributed by atoms with Gasteiger partial charge in [0.15, 0.2) is 0 Å². The van der Waals surface area contributed by atoms with Crippen LogP contribution in [0.25, 0.3) is 10.1 Å². The number of primary amides is 1. The summed E-state index contributed by atoms with van der Waals surface area (Å²) in [6, 6.07) is 6.72. The number of amides is 2. The van der Waals surface area contributed by atoms with Crippen molar-refractivity contribution in [2.75, 3.05) is 64.7 Å². The number of esters is 1. The van der Waals surface area contributed by atoms with Gasteiger partial charge in [0.05, 0.1) is 60.2 Å². The van der Waals surface area contributed by atoms with E-state index < -0.39 is 54.9 Å². The Bertz CT molecular complexity index is 1810. The summed E-state index contributed by atoms with van der Waals surface area (Å²) >= 11 is 1.00. The molecule has 2 heterocycles. The van der Waals surface area contributed by atoms with Crippen LogP contribution in [-0.2, 0) is 25.5 Å². The Morgan fingerprint density at radius 3 is 2.58 bits per heavy atom. The molecule has 2 amide bonds. The number of methoxy groups -OCH3 is 2. The third-order valence-corrected chi connectivity index (χ3v) is 9.34. The number of hydrogen-bond acceptors (Lipinski definition) is 10. The third-order valence-electron chi connectivity index (χ3n) is 8.14. The highest BCUT2D eigenvalue weighted by Crippen LogP contribution is 2.40. The summed E-state index contributed by atoms with van der Waals surface area (Å²) in [7, 11) is 4.23. The number of carbonyl (C=O) groups is 3. The summed E-state index contributed by atoms with van der Waals surface area (Å²) < 4.78 is 86.8. The highest BCUT2D eigenvalue weighted by molar-refractivity contribution is 7.20. The van der Waals surface area contributed by atoms with E-state index in [1.165, 1.54) is 42.3 Å². The lowest BCUT2D eigenvalue weighted by atomic mass is 10.0. The number of hydrogen-bond donors (Lipinski definition) is 4. The van der Waals surface area contributed by atoms with Gasteiger partial charge in [0.25, 0.3) is 11.8 Å². The fourth-order valence-corrected chi connectivity index (χ4v) is 6.75. The van der Waals surface area contributed by atoms with Crippen LogP contribution in [0.15, 0.2) is 36.4 Å². The van der Waals surface area contributed by atoms with Gasteiger partial charge in [0.1, 0.15) is 18.4 Å². The molecule has 11 nitrogen and oxygen atoms in total. The molecule has 0 spiro atoms. The second-order valence-electron chi connectivity index (χ2n) is 12.1. The van der Waals surface area contributed by atoms with Gasteiger partial charge in [-0.05, 0) is 55.1 Å². The molecule has 52 heavy (non-hydrogen) atoms. The highest BCUT2D eigenvalue weighted by Gasteiger charge is 2.44. The summed E-state index contributed by atoms with van der Waals surface area (Å²) in [5.74, 6) is 0.785. The maximum atomic E-state index is 14.8. The van der Waals surface area contributed by atoms with Crippen LogP contribution in [0.4, 0.5) is 33.3 Å². The Labute approximate surface area is 301 Å². The van der Waals surface area contributed by atoms with Gasteiger partial charge in [-0.25, -0.2) is 13.6 Å². The van der Waals surface area contributed by atoms with Crippen LogP contribution in [-0.4, -0.2) is 101 Å². The van der Waals surface area contributed by atoms with E-state index in [1.807, 2.05) is 0 Å². The van der Waals surface area contributed by atoms with E-state index in [1.54, 1.807) is 13.1 Å². The fourth-order valence-electron chi connectivity index (χ4n) is 5.58. The number of halogens is 5. The number of nitrogens with zero attached hydrogens (tertiary/aromatic N) is 1. The maximum Gasteiger partial charge on any atom is 0.393 e. The molecule has 0 saturated carbocycles. The Hall–Kier alpha value is -4.66. The number of ether oxygens (including phenoxy) is 3. The minimum absolute atomic E-state index is 0.0428. The molecule has 0 bridgehead atoms. The topological polar surface area (TPSA) is 144 Å². The molecule has 5 N–H and O–H groups in total. The van der Waals surface area contributed by atoms with E-state index in [9.17, 15) is 36.3 Å². The standard InChI is InChI=1S/C35H40F5N5O6S/c1-45-15-13-29(34(36,37)20-45)43-25-7-4-6-22-23(19-35(38,39)40)28(52-31(22)25)8-5-14-42-24-10-9-21(18-27(24)51-17-16-49-2)32(47)44-26(33(48)50-3)11-12-30(41)46/h4,6-7,9-10,18,26,29,42-43H,11-17,19-20H2,1-3H3,(H2,41,46)(H,44,47). The van der Waals surface area contributed by atoms with Crippen LogP contribution in [0.2, 0.25) is 0 Å². The second kappa shape index (κ2) is 17.7. The minimum Gasteiger partial charge on any atom is -0.489 e. The minimum atomic E-state index is -4.55. The first-order valence-corrected chi connectivity index (χ1v) is 17.0. The van der Waals surface area contributed by atoms with Gasteiger partial charge in [-0.3, -0.25) is 9.59 Å². The van der Waals surface area contributed by atoms with E-state index in [4.69, 9.17) is 19.9 Å². The number of fused-ring (bicyclic) bond motifs is 1. The number of rotatable bonds is 15. The van der Waals surface area contributed by atoms with Gasteiger partial charge in [0.2, 0.25) is 5.91 Å². The lowest BCUT2D eigenvalue weighted by Gasteiger charge is -2.37. The lowest BCUT2D eigenvalue weighted by molar-refractivity contribution is -0.143. The molecule has 1 aliphatic heterocycles. The number of alkyl halides is 5. The first-order chi connectivity index (χ1) is 24.6. The third kappa shape index (κ3) is 10.9. The number of benzene rings is 2. The molecule has 4 rings (SSSR count). The van der Waals surface area contributed by atoms with Crippen molar-refractivity contribution in [3.8, 4) is 17.6 Å². The molecule has 2 atom stereocenters. The van der Waals surface area contributed by atoms with Crippen LogP contribution >= 0.6 is 11.3 Å². The first kappa shape index (κ1) is 40.1. The number of likely N-dealkylation sites (tertiary alicyclic amines) is 1. The van der Waals surface area contributed by atoms with E-state index in [-0.39, 0.29) is 66.2 Å². The molecule has 1 aromatic heterocycles. The molecule has 2 aromatic carbocycles. The van der Waals surface area contributed by atoms with Crippen molar-refractivity contribution >= 4 is 50.6 Å². The number of nitrogens with two attached hydrogens (primary N) is 1. The Morgan fingerprint density at radius 2 is 1.90 bits per heavy atom. The summed E-state index contributed by atoms with van der Waals surface area (Å²) in [6.45, 7) is 0.287. The molecule has 1 fully saturated rings. The number of carbonyl (C=O) groups excluding carboxylic acids is 3. The first-order valence-electron chi connectivity index (χ1n) is 16.2. The van der Waals surface area contributed by atoms with Gasteiger partial charge >= 0.3 is 12.1 Å². The maximum absolute atomic E-state index is 14.8. The Morgan fingerprint density at radius 1 is 1.13 bits per heavy atom. The molecular weight excluding hydrogens is 713 g/mol. The van der Waals surface area contributed by atoms with Crippen molar-refractivity contribution < 1.29 is 50.5 Å². The summed E-state index contributed by atoms with van der Waals surface area (Å²) in [6.07, 6.45) is -5.87. The van der Waals surface area contributed by atoms with Crippen LogP contribution in [0, 0.1) is 11.8 Å². The number of thiophene rings is 1. The Kier molecular flexibility index (Phi) is 13.7. The number of nitrogens with one attached hydrogen (secondary N) is 3. The van der Waals surface area contributed by atoms with Crippen molar-refractivity contribution in [1.82, 2.24) is 10.2 Å². The SMILES string of the molecule is COCCOc1cc(C(=O)NC(CCC(N)=O)C(=O)OC)ccc1NCC#Cc1sc2c(NC3CCN(C)CC3(F)F)cccc2c1CC(F)(F)F. The molecular formula is C35H40F5N5O6S. The van der Waals surface area contributed by atoms with Crippen molar-refractivity contribution in [2.45, 2.75) is 49.9 Å². The monoisotopic (exact) mass is 753 g/mol. The zero-order valence-electron chi connectivity index (χ0n) is 28.8. The number of piperidine rings is 1.